The molecule has 0 radical (unpaired) electrons. The lowest BCUT2D eigenvalue weighted by molar-refractivity contribution is -0.137. The van der Waals surface area contributed by atoms with Gasteiger partial charge in [-0.3, -0.25) is 0 Å². The second-order valence-corrected chi connectivity index (χ2v) is 9.70. The number of hydrogen-bond acceptors (Lipinski definition) is 11. The lowest BCUT2D eigenvalue weighted by Gasteiger charge is -2.20. The van der Waals surface area contributed by atoms with Gasteiger partial charge < -0.3 is 24.8 Å². The van der Waals surface area contributed by atoms with Crippen LogP contribution in [0.5, 0.6) is 11.5 Å². The molecule has 0 aliphatic rings. The number of nitrogens with one attached hydrogen (secondary N) is 1. The van der Waals surface area contributed by atoms with Crippen molar-refractivity contribution < 1.29 is 19.4 Å². The van der Waals surface area contributed by atoms with Crippen molar-refractivity contribution in [3.05, 3.63) is 52.9 Å². The van der Waals surface area contributed by atoms with Crippen LogP contribution in [0.15, 0.2) is 36.8 Å². The number of carbonyl (C=O) groups is 1. The van der Waals surface area contributed by atoms with Crippen molar-refractivity contribution in [1.29, 1.82) is 0 Å². The molecule has 0 fully saturated rings. The van der Waals surface area contributed by atoms with Crippen molar-refractivity contribution in [1.82, 2.24) is 24.3 Å². The van der Waals surface area contributed by atoms with Crippen molar-refractivity contribution in [2.24, 2.45) is 0 Å². The molecule has 0 aliphatic heterocycles. The fourth-order valence-electron chi connectivity index (χ4n) is 4.01. The van der Waals surface area contributed by atoms with Gasteiger partial charge in [0.25, 0.3) is 0 Å². The van der Waals surface area contributed by atoms with E-state index in [0.717, 1.165) is 16.1 Å². The summed E-state index contributed by atoms with van der Waals surface area (Å²) in [5.41, 5.74) is 3.68. The number of anilines is 2. The highest BCUT2D eigenvalue weighted by Gasteiger charge is 2.24. The summed E-state index contributed by atoms with van der Waals surface area (Å²) in [5, 5.41) is 13.2. The first-order chi connectivity index (χ1) is 18.2. The molecule has 0 amide bonds. The normalized spacial score (nSPS) is 11.6. The van der Waals surface area contributed by atoms with E-state index in [0.29, 0.717) is 45.8 Å². The number of aryl methyl sites for hydroxylation is 2. The highest BCUT2D eigenvalue weighted by Crippen LogP contribution is 2.36. The number of benzene rings is 1. The van der Waals surface area contributed by atoms with Crippen LogP contribution < -0.4 is 19.7 Å². The van der Waals surface area contributed by atoms with E-state index in [-0.39, 0.29) is 6.42 Å². The molecule has 4 aromatic rings. The summed E-state index contributed by atoms with van der Waals surface area (Å²) in [6.45, 7) is 3.88. The van der Waals surface area contributed by atoms with E-state index in [1.807, 2.05) is 34.0 Å². The van der Waals surface area contributed by atoms with E-state index < -0.39 is 12.0 Å². The van der Waals surface area contributed by atoms with Crippen LogP contribution in [-0.2, 0) is 11.2 Å². The third-order valence-electron chi connectivity index (χ3n) is 5.88. The van der Waals surface area contributed by atoms with E-state index in [2.05, 4.69) is 29.6 Å². The van der Waals surface area contributed by atoms with Crippen molar-refractivity contribution in [2.75, 3.05) is 38.5 Å². The van der Waals surface area contributed by atoms with Crippen LogP contribution in [0.4, 0.5) is 11.8 Å². The number of ether oxygens (including phenoxy) is 2. The maximum absolute atomic E-state index is 12.3. The first kappa shape index (κ1) is 26.7. The third kappa shape index (κ3) is 5.49. The van der Waals surface area contributed by atoms with Crippen LogP contribution in [0, 0.1) is 13.8 Å². The van der Waals surface area contributed by atoms with Gasteiger partial charge in [-0.25, -0.2) is 19.7 Å². The zero-order chi connectivity index (χ0) is 27.4. The molecule has 3 heterocycles. The smallest absolute Gasteiger partial charge is 0.326 e. The van der Waals surface area contributed by atoms with Gasteiger partial charge in [0.1, 0.15) is 28.9 Å². The Kier molecular flexibility index (Phi) is 8.01. The molecule has 0 saturated carbocycles. The van der Waals surface area contributed by atoms with Gasteiger partial charge in [0.2, 0.25) is 5.95 Å². The fraction of sp³-hybridized carbons (Fsp3) is 0.308. The Morgan fingerprint density at radius 3 is 2.24 bits per heavy atom. The zero-order valence-electron chi connectivity index (χ0n) is 22.0. The molecule has 12 heteroatoms. The zero-order valence-corrected chi connectivity index (χ0v) is 22.8. The van der Waals surface area contributed by atoms with E-state index in [4.69, 9.17) is 9.47 Å². The highest BCUT2D eigenvalue weighted by atomic mass is 32.1. The van der Waals surface area contributed by atoms with Gasteiger partial charge in [-0.1, -0.05) is 6.07 Å². The summed E-state index contributed by atoms with van der Waals surface area (Å²) in [4.78, 5) is 33.1. The fourth-order valence-corrected chi connectivity index (χ4v) is 4.72. The SMILES string of the molecule is COc1cccc(OC)c1-c1ncc(C[C@H](Nc2nc(N(C)C)ncc2-c2c(C)nsc2C)C(=O)O)cn1. The lowest BCUT2D eigenvalue weighted by atomic mass is 10.1. The standard InChI is InChI=1S/C26H29N7O4S/c1-14-21(15(2)38-32-14)17-13-29-26(33(3)4)31-23(17)30-18(25(34)35)10-16-11-27-24(28-12-16)22-19(36-5)8-7-9-20(22)37-6/h7-9,11-13,18H,10H2,1-6H3,(H,34,35)(H,29,30,31)/t18-/m0/s1. The maximum Gasteiger partial charge on any atom is 0.326 e. The third-order valence-corrected chi connectivity index (χ3v) is 6.73. The molecule has 38 heavy (non-hydrogen) atoms. The predicted octanol–water partition coefficient (Wildman–Crippen LogP) is 3.86. The number of nitrogens with zero attached hydrogens (tertiary/aromatic N) is 6. The Morgan fingerprint density at radius 1 is 1.05 bits per heavy atom. The second kappa shape index (κ2) is 11.4. The van der Waals surface area contributed by atoms with Gasteiger partial charge in [-0.15, -0.1) is 0 Å². The van der Waals surface area contributed by atoms with Crippen molar-refractivity contribution in [2.45, 2.75) is 26.3 Å². The topological polar surface area (TPSA) is 135 Å². The van der Waals surface area contributed by atoms with Crippen molar-refractivity contribution in [3.8, 4) is 34.0 Å². The van der Waals surface area contributed by atoms with Crippen LogP contribution >= 0.6 is 11.5 Å². The van der Waals surface area contributed by atoms with Crippen LogP contribution in [0.3, 0.4) is 0 Å². The molecular formula is C26H29N7O4S. The molecule has 0 aliphatic carbocycles. The number of rotatable bonds is 10. The first-order valence-electron chi connectivity index (χ1n) is 11.7. The summed E-state index contributed by atoms with van der Waals surface area (Å²) < 4.78 is 15.3. The lowest BCUT2D eigenvalue weighted by Crippen LogP contribution is -2.32. The minimum absolute atomic E-state index is 0.124. The monoisotopic (exact) mass is 535 g/mol. The van der Waals surface area contributed by atoms with Crippen LogP contribution in [0.1, 0.15) is 16.1 Å². The molecule has 2 N–H and O–H groups in total. The Morgan fingerprint density at radius 2 is 1.71 bits per heavy atom. The first-order valence-corrected chi connectivity index (χ1v) is 12.5. The number of carboxylic acids is 1. The molecule has 0 spiro atoms. The summed E-state index contributed by atoms with van der Waals surface area (Å²) in [7, 11) is 6.78. The molecule has 1 aromatic carbocycles. The van der Waals surface area contributed by atoms with Crippen LogP contribution in [0.2, 0.25) is 0 Å². The molecule has 11 nitrogen and oxygen atoms in total. The molecule has 3 aromatic heterocycles. The highest BCUT2D eigenvalue weighted by molar-refractivity contribution is 7.06. The average Bonchev–Trinajstić information content (AvgIpc) is 3.25. The minimum atomic E-state index is -1.03. The van der Waals surface area contributed by atoms with E-state index >= 15 is 0 Å². The quantitative estimate of drug-likeness (QED) is 0.306. The van der Waals surface area contributed by atoms with Crippen LogP contribution in [-0.4, -0.2) is 69.7 Å². The van der Waals surface area contributed by atoms with Crippen molar-refractivity contribution in [3.63, 3.8) is 0 Å². The van der Waals surface area contributed by atoms with E-state index in [1.165, 1.54) is 11.5 Å². The van der Waals surface area contributed by atoms with Gasteiger partial charge in [-0.2, -0.15) is 9.36 Å². The van der Waals surface area contributed by atoms with E-state index in [1.54, 1.807) is 49.8 Å². The Balaban J connectivity index is 1.65. The van der Waals surface area contributed by atoms with E-state index in [9.17, 15) is 9.90 Å². The number of methoxy groups -OCH3 is 2. The molecule has 4 rings (SSSR count). The number of carboxylic acid groups (broad SMARTS) is 1. The van der Waals surface area contributed by atoms with Gasteiger partial charge in [-0.05, 0) is 43.1 Å². The van der Waals surface area contributed by atoms with Gasteiger partial charge in [0, 0.05) is 55.1 Å². The molecular weight excluding hydrogens is 506 g/mol. The molecule has 0 saturated heterocycles. The average molecular weight is 536 g/mol. The maximum atomic E-state index is 12.3. The molecule has 0 unspecified atom stereocenters. The largest absolute Gasteiger partial charge is 0.496 e. The van der Waals surface area contributed by atoms with Gasteiger partial charge >= 0.3 is 5.97 Å². The number of aromatic nitrogens is 5. The van der Waals surface area contributed by atoms with Gasteiger partial charge in [0.05, 0.1) is 19.9 Å². The molecule has 1 atom stereocenters. The Bertz CT molecular complexity index is 1400. The molecule has 198 valence electrons. The van der Waals surface area contributed by atoms with Crippen LogP contribution in [0.25, 0.3) is 22.5 Å². The second-order valence-electron chi connectivity index (χ2n) is 8.72. The summed E-state index contributed by atoms with van der Waals surface area (Å²) in [6, 6.07) is 4.42. The van der Waals surface area contributed by atoms with Gasteiger partial charge in [0.15, 0.2) is 5.82 Å². The summed E-state index contributed by atoms with van der Waals surface area (Å²) in [6.07, 6.45) is 5.04. The van der Waals surface area contributed by atoms with Crippen molar-refractivity contribution >= 4 is 29.3 Å². The summed E-state index contributed by atoms with van der Waals surface area (Å²) >= 11 is 1.38. The predicted molar refractivity (Wildman–Crippen MR) is 146 cm³/mol. The minimum Gasteiger partial charge on any atom is -0.496 e. The number of hydrogen-bond donors (Lipinski definition) is 2. The molecule has 0 bridgehead atoms. The Labute approximate surface area is 224 Å². The summed E-state index contributed by atoms with van der Waals surface area (Å²) in [5.74, 6) is 1.39. The Hall–Kier alpha value is -4.32. The number of aliphatic carboxylic acids is 1.